The molecule has 1 aromatic carbocycles. The Morgan fingerprint density at radius 1 is 0.615 bits per heavy atom. The van der Waals surface area contributed by atoms with Gasteiger partial charge in [0.25, 0.3) is 0 Å². The minimum atomic E-state index is -1.46. The molecule has 26 heavy (non-hydrogen) atoms. The van der Waals surface area contributed by atoms with Crippen LogP contribution in [0.4, 0.5) is 0 Å². The maximum absolute atomic E-state index is 2.44. The van der Waals surface area contributed by atoms with E-state index in [0.717, 1.165) is 0 Å². The molecule has 0 atom stereocenters. The Morgan fingerprint density at radius 2 is 1.00 bits per heavy atom. The lowest BCUT2D eigenvalue weighted by atomic mass is 10.1. The van der Waals surface area contributed by atoms with Crippen LogP contribution in [-0.2, 0) is 0 Å². The topological polar surface area (TPSA) is 0 Å². The van der Waals surface area contributed by atoms with Crippen LogP contribution in [0.2, 0.25) is 26.2 Å². The molecule has 0 radical (unpaired) electrons. The number of hydrogen-bond donors (Lipinski definition) is 0. The highest BCUT2D eigenvalue weighted by Gasteiger charge is 2.21. The third-order valence-corrected chi connectivity index (χ3v) is 14.7. The summed E-state index contributed by atoms with van der Waals surface area (Å²) in [5.74, 6) is 0. The average molecular weight is 411 g/mol. The van der Waals surface area contributed by atoms with E-state index in [9.17, 15) is 0 Å². The Kier molecular flexibility index (Phi) is 5.97. The van der Waals surface area contributed by atoms with Crippen LogP contribution < -0.4 is 9.00 Å². The summed E-state index contributed by atoms with van der Waals surface area (Å²) in [6.45, 7) is 9.63. The molecule has 0 N–H and O–H groups in total. The molecule has 0 saturated carbocycles. The van der Waals surface area contributed by atoms with Crippen molar-refractivity contribution in [3.05, 3.63) is 81.8 Å². The molecule has 0 saturated heterocycles. The largest absolute Gasteiger partial charge is 0.153 e. The van der Waals surface area contributed by atoms with Crippen molar-refractivity contribution in [1.82, 2.24) is 0 Å². The van der Waals surface area contributed by atoms with Crippen molar-refractivity contribution in [2.24, 2.45) is 0 Å². The standard InChI is InChI=1S/C22H26S2Si2/c1-25(2,21-7-5-15-23-21)17-13-19-9-11-20(12-10-19)14-18-26(3,4)22-8-6-16-24-22/h5-18H,1-4H3/b17-13-,18-14-. The third kappa shape index (κ3) is 4.83. The summed E-state index contributed by atoms with van der Waals surface area (Å²) in [6, 6.07) is 17.8. The van der Waals surface area contributed by atoms with Gasteiger partial charge in [0, 0.05) is 0 Å². The van der Waals surface area contributed by atoms with Crippen molar-refractivity contribution < 1.29 is 0 Å². The number of rotatable bonds is 6. The zero-order valence-corrected chi connectivity index (χ0v) is 19.5. The minimum absolute atomic E-state index is 1.29. The van der Waals surface area contributed by atoms with Gasteiger partial charge in [-0.3, -0.25) is 0 Å². The van der Waals surface area contributed by atoms with Gasteiger partial charge in [-0.2, -0.15) is 22.7 Å². The van der Waals surface area contributed by atoms with E-state index in [2.05, 4.69) is 109 Å². The van der Waals surface area contributed by atoms with Gasteiger partial charge < -0.3 is 0 Å². The Labute approximate surface area is 167 Å². The maximum atomic E-state index is 2.44. The van der Waals surface area contributed by atoms with Crippen molar-refractivity contribution in [3.8, 4) is 0 Å². The SMILES string of the molecule is C[Si](C)(/C=C\c1ccc(/C=C\[Si](C)(C)c2cccs2)cc1)c1cccs1. The highest BCUT2D eigenvalue weighted by atomic mass is 32.1. The van der Waals surface area contributed by atoms with Gasteiger partial charge in [0.05, 0.1) is 0 Å². The molecule has 0 aliphatic carbocycles. The van der Waals surface area contributed by atoms with Crippen molar-refractivity contribution in [3.63, 3.8) is 0 Å². The van der Waals surface area contributed by atoms with Crippen LogP contribution in [0.3, 0.4) is 0 Å². The van der Waals surface area contributed by atoms with Crippen LogP contribution in [0.25, 0.3) is 12.2 Å². The van der Waals surface area contributed by atoms with Crippen molar-refractivity contribution in [1.29, 1.82) is 0 Å². The van der Waals surface area contributed by atoms with E-state index in [1.165, 1.54) is 20.1 Å². The van der Waals surface area contributed by atoms with Gasteiger partial charge in [-0.1, -0.05) is 98.3 Å². The summed E-state index contributed by atoms with van der Waals surface area (Å²) in [6.07, 6.45) is 4.59. The van der Waals surface area contributed by atoms with Gasteiger partial charge in [0.1, 0.15) is 16.1 Å². The second-order valence-corrected chi connectivity index (χ2v) is 19.0. The molecule has 0 nitrogen and oxygen atoms in total. The fourth-order valence-corrected chi connectivity index (χ4v) is 9.55. The second-order valence-electron chi connectivity index (χ2n) is 7.73. The molecule has 0 aliphatic heterocycles. The summed E-state index contributed by atoms with van der Waals surface area (Å²) >= 11 is 3.76. The summed E-state index contributed by atoms with van der Waals surface area (Å²) in [7, 11) is -2.93. The maximum Gasteiger partial charge on any atom is 0.117 e. The van der Waals surface area contributed by atoms with Gasteiger partial charge in [-0.25, -0.2) is 0 Å². The second kappa shape index (κ2) is 8.05. The first-order chi connectivity index (χ1) is 12.4. The smallest absolute Gasteiger partial charge is 0.117 e. The normalized spacial score (nSPS) is 13.1. The molecule has 4 heteroatoms. The minimum Gasteiger partial charge on any atom is -0.153 e. The molecule has 2 heterocycles. The first-order valence-electron chi connectivity index (χ1n) is 8.93. The quantitative estimate of drug-likeness (QED) is 0.428. The molecule has 0 fully saturated rings. The summed E-state index contributed by atoms with van der Waals surface area (Å²) in [4.78, 5) is 0. The summed E-state index contributed by atoms with van der Waals surface area (Å²) < 4.78 is 3.07. The molecule has 0 amide bonds. The lowest BCUT2D eigenvalue weighted by molar-refractivity contribution is 1.62. The molecule has 0 aliphatic rings. The summed E-state index contributed by atoms with van der Waals surface area (Å²) in [5.41, 5.74) is 7.45. The summed E-state index contributed by atoms with van der Waals surface area (Å²) in [5, 5.41) is 4.36. The first-order valence-corrected chi connectivity index (χ1v) is 16.8. The molecule has 3 rings (SSSR count). The van der Waals surface area contributed by atoms with Gasteiger partial charge in [0.15, 0.2) is 0 Å². The van der Waals surface area contributed by atoms with Gasteiger partial charge in [-0.15, -0.1) is 0 Å². The molecular formula is C22H26S2Si2. The Morgan fingerprint density at radius 3 is 1.31 bits per heavy atom. The van der Waals surface area contributed by atoms with E-state index in [4.69, 9.17) is 0 Å². The molecule has 134 valence electrons. The van der Waals surface area contributed by atoms with Crippen LogP contribution >= 0.6 is 22.7 Å². The average Bonchev–Trinajstić information content (AvgIpc) is 3.33. The number of hydrogen-bond acceptors (Lipinski definition) is 2. The van der Waals surface area contributed by atoms with E-state index >= 15 is 0 Å². The van der Waals surface area contributed by atoms with E-state index in [-0.39, 0.29) is 0 Å². The Balaban J connectivity index is 1.69. The van der Waals surface area contributed by atoms with Crippen LogP contribution in [0, 0.1) is 0 Å². The Bertz CT molecular complexity index is 794. The van der Waals surface area contributed by atoms with E-state index in [1.807, 2.05) is 22.7 Å². The molecule has 3 aromatic rings. The lowest BCUT2D eigenvalue weighted by Gasteiger charge is -2.15. The van der Waals surface area contributed by atoms with E-state index < -0.39 is 16.1 Å². The van der Waals surface area contributed by atoms with Crippen LogP contribution in [0.15, 0.2) is 70.7 Å². The third-order valence-electron chi connectivity index (χ3n) is 4.63. The van der Waals surface area contributed by atoms with Crippen LogP contribution in [-0.4, -0.2) is 16.1 Å². The van der Waals surface area contributed by atoms with Crippen molar-refractivity contribution >= 4 is 60.0 Å². The monoisotopic (exact) mass is 410 g/mol. The predicted octanol–water partition coefficient (Wildman–Crippen LogP) is 6.15. The molecule has 0 unspecified atom stereocenters. The van der Waals surface area contributed by atoms with Crippen molar-refractivity contribution in [2.45, 2.75) is 26.2 Å². The molecule has 0 spiro atoms. The fourth-order valence-electron chi connectivity index (χ4n) is 2.78. The zero-order chi connectivity index (χ0) is 18.6. The Hall–Kier alpha value is -1.47. The highest BCUT2D eigenvalue weighted by Crippen LogP contribution is 2.15. The molecule has 2 aromatic heterocycles. The van der Waals surface area contributed by atoms with E-state index in [1.54, 1.807) is 0 Å². The number of thiophene rings is 2. The fraction of sp³-hybridized carbons (Fsp3) is 0.182. The van der Waals surface area contributed by atoms with Crippen LogP contribution in [0.5, 0.6) is 0 Å². The predicted molar refractivity (Wildman–Crippen MR) is 127 cm³/mol. The highest BCUT2D eigenvalue weighted by molar-refractivity contribution is 7.26. The van der Waals surface area contributed by atoms with Crippen LogP contribution in [0.1, 0.15) is 11.1 Å². The molecule has 0 bridgehead atoms. The first kappa shape index (κ1) is 19.3. The van der Waals surface area contributed by atoms with Gasteiger partial charge in [-0.05, 0) is 30.9 Å². The van der Waals surface area contributed by atoms with Gasteiger partial charge >= 0.3 is 0 Å². The zero-order valence-electron chi connectivity index (χ0n) is 15.9. The van der Waals surface area contributed by atoms with E-state index in [0.29, 0.717) is 0 Å². The van der Waals surface area contributed by atoms with Gasteiger partial charge in [0.2, 0.25) is 0 Å². The van der Waals surface area contributed by atoms with Crippen molar-refractivity contribution in [2.75, 3.05) is 0 Å². The number of benzene rings is 1. The lowest BCUT2D eigenvalue weighted by Crippen LogP contribution is -2.37. The molecular weight excluding hydrogens is 385 g/mol.